The van der Waals surface area contributed by atoms with Gasteiger partial charge in [-0.3, -0.25) is 4.79 Å². The van der Waals surface area contributed by atoms with Crippen LogP contribution in [-0.2, 0) is 6.54 Å². The molecule has 0 saturated heterocycles. The molecular formula is C16H17NO3S. The van der Waals surface area contributed by atoms with Crippen LogP contribution in [0.3, 0.4) is 0 Å². The van der Waals surface area contributed by atoms with E-state index in [1.165, 1.54) is 6.07 Å². The van der Waals surface area contributed by atoms with Crippen LogP contribution in [0.2, 0.25) is 0 Å². The maximum absolute atomic E-state index is 12.4. The zero-order valence-electron chi connectivity index (χ0n) is 12.2. The molecule has 0 atom stereocenters. The number of rotatable bonds is 4. The highest BCUT2D eigenvalue weighted by molar-refractivity contribution is 7.10. The molecule has 1 heterocycles. The number of amides is 1. The number of carboxylic acids is 1. The Labute approximate surface area is 127 Å². The van der Waals surface area contributed by atoms with Gasteiger partial charge in [-0.05, 0) is 54.6 Å². The minimum atomic E-state index is -1.02. The quantitative estimate of drug-likeness (QED) is 0.942. The summed E-state index contributed by atoms with van der Waals surface area (Å²) in [6.45, 7) is 4.32. The summed E-state index contributed by atoms with van der Waals surface area (Å²) in [5.41, 5.74) is 2.47. The van der Waals surface area contributed by atoms with Crippen LogP contribution in [0.4, 0.5) is 0 Å². The van der Waals surface area contributed by atoms with Gasteiger partial charge in [-0.15, -0.1) is 11.3 Å². The second kappa shape index (κ2) is 6.10. The van der Waals surface area contributed by atoms with Gasteiger partial charge in [0, 0.05) is 17.5 Å². The summed E-state index contributed by atoms with van der Waals surface area (Å²) in [6.07, 6.45) is 0. The first-order valence-electron chi connectivity index (χ1n) is 6.52. The van der Waals surface area contributed by atoms with E-state index in [0.29, 0.717) is 12.1 Å². The highest BCUT2D eigenvalue weighted by Crippen LogP contribution is 2.19. The van der Waals surface area contributed by atoms with Crippen LogP contribution < -0.4 is 0 Å². The SMILES string of the molecule is Cc1cc(C(=O)O)cc(C(=O)N(C)Cc2sccc2C)c1. The molecule has 110 valence electrons. The Bertz CT molecular complexity index is 691. The lowest BCUT2D eigenvalue weighted by molar-refractivity contribution is 0.0696. The molecule has 21 heavy (non-hydrogen) atoms. The van der Waals surface area contributed by atoms with Crippen molar-refractivity contribution in [2.75, 3.05) is 7.05 Å². The lowest BCUT2D eigenvalue weighted by Gasteiger charge is -2.17. The van der Waals surface area contributed by atoms with E-state index in [2.05, 4.69) is 0 Å². The van der Waals surface area contributed by atoms with E-state index in [-0.39, 0.29) is 11.5 Å². The second-order valence-corrected chi connectivity index (χ2v) is 6.08. The van der Waals surface area contributed by atoms with Crippen LogP contribution in [0.5, 0.6) is 0 Å². The van der Waals surface area contributed by atoms with Gasteiger partial charge in [0.15, 0.2) is 0 Å². The fourth-order valence-electron chi connectivity index (χ4n) is 2.10. The summed E-state index contributed by atoms with van der Waals surface area (Å²) in [5.74, 6) is -1.20. The minimum Gasteiger partial charge on any atom is -0.478 e. The van der Waals surface area contributed by atoms with Crippen molar-refractivity contribution in [3.63, 3.8) is 0 Å². The Morgan fingerprint density at radius 3 is 2.43 bits per heavy atom. The number of carbonyl (C=O) groups excluding carboxylic acids is 1. The fourth-order valence-corrected chi connectivity index (χ4v) is 3.06. The molecule has 0 radical (unpaired) electrons. The molecule has 0 bridgehead atoms. The van der Waals surface area contributed by atoms with E-state index in [1.807, 2.05) is 18.4 Å². The fraction of sp³-hybridized carbons (Fsp3) is 0.250. The maximum Gasteiger partial charge on any atom is 0.335 e. The molecule has 0 fully saturated rings. The monoisotopic (exact) mass is 303 g/mol. The van der Waals surface area contributed by atoms with Gasteiger partial charge in [-0.2, -0.15) is 0 Å². The molecule has 5 heteroatoms. The van der Waals surface area contributed by atoms with Gasteiger partial charge in [0.05, 0.1) is 12.1 Å². The average molecular weight is 303 g/mol. The predicted octanol–water partition coefficient (Wildman–Crippen LogP) is 3.34. The van der Waals surface area contributed by atoms with E-state index in [9.17, 15) is 9.59 Å². The summed E-state index contributed by atoms with van der Waals surface area (Å²) in [6, 6.07) is 6.72. The van der Waals surface area contributed by atoms with Gasteiger partial charge in [0.2, 0.25) is 0 Å². The first kappa shape index (κ1) is 15.3. The summed E-state index contributed by atoms with van der Waals surface area (Å²) < 4.78 is 0. The molecule has 4 nitrogen and oxygen atoms in total. The van der Waals surface area contributed by atoms with Crippen molar-refractivity contribution in [3.05, 3.63) is 56.8 Å². The average Bonchev–Trinajstić information content (AvgIpc) is 2.82. The molecule has 0 spiro atoms. The van der Waals surface area contributed by atoms with Crippen molar-refractivity contribution < 1.29 is 14.7 Å². The number of hydrogen-bond acceptors (Lipinski definition) is 3. The summed E-state index contributed by atoms with van der Waals surface area (Å²) in [7, 11) is 1.73. The van der Waals surface area contributed by atoms with Crippen LogP contribution in [0.25, 0.3) is 0 Å². The third kappa shape index (κ3) is 3.49. The maximum atomic E-state index is 12.4. The molecule has 2 aromatic rings. The van der Waals surface area contributed by atoms with Crippen LogP contribution in [0, 0.1) is 13.8 Å². The summed E-state index contributed by atoms with van der Waals surface area (Å²) >= 11 is 1.61. The van der Waals surface area contributed by atoms with Crippen molar-refractivity contribution in [1.82, 2.24) is 4.90 Å². The Kier molecular flexibility index (Phi) is 4.43. The molecule has 1 aromatic carbocycles. The zero-order valence-corrected chi connectivity index (χ0v) is 13.0. The molecule has 0 aliphatic heterocycles. The highest BCUT2D eigenvalue weighted by Gasteiger charge is 2.16. The van der Waals surface area contributed by atoms with E-state index >= 15 is 0 Å². The Hall–Kier alpha value is -2.14. The Balaban J connectivity index is 2.23. The van der Waals surface area contributed by atoms with E-state index in [1.54, 1.807) is 42.3 Å². The van der Waals surface area contributed by atoms with Crippen LogP contribution in [-0.4, -0.2) is 28.9 Å². The first-order valence-corrected chi connectivity index (χ1v) is 7.40. The number of hydrogen-bond donors (Lipinski definition) is 1. The van der Waals surface area contributed by atoms with Gasteiger partial charge in [-0.1, -0.05) is 0 Å². The van der Waals surface area contributed by atoms with Crippen molar-refractivity contribution in [2.24, 2.45) is 0 Å². The van der Waals surface area contributed by atoms with E-state index in [0.717, 1.165) is 16.0 Å². The molecule has 1 aromatic heterocycles. The number of thiophene rings is 1. The molecule has 1 amide bonds. The largest absolute Gasteiger partial charge is 0.478 e. The Morgan fingerprint density at radius 2 is 1.86 bits per heavy atom. The van der Waals surface area contributed by atoms with Crippen molar-refractivity contribution >= 4 is 23.2 Å². The number of carboxylic acid groups (broad SMARTS) is 1. The molecule has 0 saturated carbocycles. The van der Waals surface area contributed by atoms with Crippen molar-refractivity contribution in [2.45, 2.75) is 20.4 Å². The third-order valence-corrected chi connectivity index (χ3v) is 4.27. The van der Waals surface area contributed by atoms with Crippen molar-refractivity contribution in [3.8, 4) is 0 Å². The summed E-state index contributed by atoms with van der Waals surface area (Å²) in [5, 5.41) is 11.1. The third-order valence-electron chi connectivity index (χ3n) is 3.27. The van der Waals surface area contributed by atoms with Gasteiger partial charge in [-0.25, -0.2) is 4.79 Å². The molecule has 1 N–H and O–H groups in total. The predicted molar refractivity (Wildman–Crippen MR) is 83.0 cm³/mol. The normalized spacial score (nSPS) is 10.4. The Morgan fingerprint density at radius 1 is 1.19 bits per heavy atom. The van der Waals surface area contributed by atoms with E-state index < -0.39 is 5.97 Å². The number of aromatic carboxylic acids is 1. The lowest BCUT2D eigenvalue weighted by atomic mass is 10.1. The first-order chi connectivity index (χ1) is 9.88. The van der Waals surface area contributed by atoms with Crippen LogP contribution >= 0.6 is 11.3 Å². The summed E-state index contributed by atoms with van der Waals surface area (Å²) in [4.78, 5) is 26.3. The number of carbonyl (C=O) groups is 2. The lowest BCUT2D eigenvalue weighted by Crippen LogP contribution is -2.26. The van der Waals surface area contributed by atoms with Gasteiger partial charge in [0.1, 0.15) is 0 Å². The van der Waals surface area contributed by atoms with Crippen molar-refractivity contribution in [1.29, 1.82) is 0 Å². The minimum absolute atomic E-state index is 0.138. The topological polar surface area (TPSA) is 57.6 Å². The molecule has 0 unspecified atom stereocenters. The molecule has 0 aliphatic rings. The van der Waals surface area contributed by atoms with Gasteiger partial charge >= 0.3 is 5.97 Å². The zero-order chi connectivity index (χ0) is 15.6. The van der Waals surface area contributed by atoms with Gasteiger partial charge < -0.3 is 10.0 Å². The number of benzene rings is 1. The van der Waals surface area contributed by atoms with Crippen LogP contribution in [0.15, 0.2) is 29.6 Å². The second-order valence-electron chi connectivity index (χ2n) is 5.08. The highest BCUT2D eigenvalue weighted by atomic mass is 32.1. The molecule has 2 rings (SSSR count). The van der Waals surface area contributed by atoms with Gasteiger partial charge in [0.25, 0.3) is 5.91 Å². The number of nitrogens with zero attached hydrogens (tertiary/aromatic N) is 1. The standard InChI is InChI=1S/C16H17NO3S/c1-10-6-12(8-13(7-10)16(19)20)15(18)17(3)9-14-11(2)4-5-21-14/h4-8H,9H2,1-3H3,(H,19,20). The van der Waals surface area contributed by atoms with Crippen LogP contribution in [0.1, 0.15) is 36.7 Å². The number of aryl methyl sites for hydroxylation is 2. The molecule has 0 aliphatic carbocycles. The smallest absolute Gasteiger partial charge is 0.335 e. The van der Waals surface area contributed by atoms with E-state index in [4.69, 9.17) is 5.11 Å². The molecular weight excluding hydrogens is 286 g/mol.